The fourth-order valence-electron chi connectivity index (χ4n) is 3.05. The van der Waals surface area contributed by atoms with Crippen molar-refractivity contribution in [3.63, 3.8) is 0 Å². The van der Waals surface area contributed by atoms with Crippen molar-refractivity contribution in [3.8, 4) is 11.1 Å². The monoisotopic (exact) mass is 325 g/mol. The second-order valence-electron chi connectivity index (χ2n) is 5.71. The number of fused-ring (bicyclic) bond motifs is 3. The summed E-state index contributed by atoms with van der Waals surface area (Å²) in [6.45, 7) is 1.76. The van der Waals surface area contributed by atoms with Crippen molar-refractivity contribution in [2.24, 2.45) is 0 Å². The minimum absolute atomic E-state index is 0.00316. The Morgan fingerprint density at radius 2 is 1.58 bits per heavy atom. The van der Waals surface area contributed by atoms with E-state index in [0.717, 1.165) is 11.1 Å². The number of esters is 1. The summed E-state index contributed by atoms with van der Waals surface area (Å²) in [5.41, 5.74) is 4.63. The fourth-order valence-corrected chi connectivity index (χ4v) is 3.05. The van der Waals surface area contributed by atoms with Crippen LogP contribution in [0.15, 0.2) is 48.5 Å². The summed E-state index contributed by atoms with van der Waals surface area (Å²) in [5.74, 6) is -0.514. The summed E-state index contributed by atoms with van der Waals surface area (Å²) in [6.07, 6.45) is -0.630. The maximum atomic E-state index is 11.9. The molecule has 1 N–H and O–H groups in total. The van der Waals surface area contributed by atoms with Gasteiger partial charge in [0.15, 0.2) is 0 Å². The molecule has 24 heavy (non-hydrogen) atoms. The Morgan fingerprint density at radius 3 is 2.12 bits per heavy atom. The van der Waals surface area contributed by atoms with Crippen molar-refractivity contribution in [3.05, 3.63) is 59.7 Å². The highest BCUT2D eigenvalue weighted by Gasteiger charge is 2.29. The van der Waals surface area contributed by atoms with Crippen molar-refractivity contribution < 1.29 is 19.1 Å². The molecule has 5 heteroatoms. The van der Waals surface area contributed by atoms with Crippen LogP contribution in [-0.4, -0.2) is 31.8 Å². The summed E-state index contributed by atoms with van der Waals surface area (Å²) in [7, 11) is 1.28. The molecule has 0 fully saturated rings. The number of hydrogen-bond donors (Lipinski definition) is 1. The molecule has 0 heterocycles. The number of carbonyl (C=O) groups excluding carboxylic acids is 2. The van der Waals surface area contributed by atoms with E-state index < -0.39 is 18.1 Å². The Labute approximate surface area is 140 Å². The van der Waals surface area contributed by atoms with Gasteiger partial charge in [-0.15, -0.1) is 0 Å². The average Bonchev–Trinajstić information content (AvgIpc) is 2.93. The van der Waals surface area contributed by atoms with Gasteiger partial charge in [-0.3, -0.25) is 0 Å². The predicted molar refractivity (Wildman–Crippen MR) is 89.7 cm³/mol. The molecule has 0 unspecified atom stereocenters. The molecule has 0 bridgehead atoms. The zero-order valence-electron chi connectivity index (χ0n) is 13.6. The number of nitrogens with one attached hydrogen (secondary N) is 1. The molecule has 2 aromatic carbocycles. The third kappa shape index (κ3) is 2.97. The number of carbonyl (C=O) groups is 2. The molecule has 0 saturated heterocycles. The average molecular weight is 325 g/mol. The quantitative estimate of drug-likeness (QED) is 0.877. The Balaban J connectivity index is 1.72. The molecule has 0 radical (unpaired) electrons. The Kier molecular flexibility index (Phi) is 4.51. The van der Waals surface area contributed by atoms with Crippen LogP contribution in [0.25, 0.3) is 11.1 Å². The molecule has 3 rings (SSSR count). The van der Waals surface area contributed by atoms with Crippen LogP contribution in [-0.2, 0) is 14.3 Å². The summed E-state index contributed by atoms with van der Waals surface area (Å²) in [5, 5.41) is 2.47. The van der Waals surface area contributed by atoms with Crippen molar-refractivity contribution >= 4 is 12.1 Å². The van der Waals surface area contributed by atoms with Crippen LogP contribution in [0.1, 0.15) is 24.0 Å². The zero-order chi connectivity index (χ0) is 17.1. The van der Waals surface area contributed by atoms with E-state index in [9.17, 15) is 9.59 Å². The van der Waals surface area contributed by atoms with Gasteiger partial charge in [0, 0.05) is 5.92 Å². The van der Waals surface area contributed by atoms with Crippen LogP contribution in [0.3, 0.4) is 0 Å². The van der Waals surface area contributed by atoms with E-state index in [1.165, 1.54) is 18.2 Å². The molecule has 1 atom stereocenters. The number of ether oxygens (including phenoxy) is 2. The van der Waals surface area contributed by atoms with Crippen LogP contribution in [0, 0.1) is 0 Å². The van der Waals surface area contributed by atoms with Gasteiger partial charge in [0.05, 0.1) is 7.11 Å². The van der Waals surface area contributed by atoms with E-state index in [-0.39, 0.29) is 12.5 Å². The maximum absolute atomic E-state index is 11.9. The van der Waals surface area contributed by atoms with Gasteiger partial charge in [-0.05, 0) is 29.2 Å². The minimum Gasteiger partial charge on any atom is -0.467 e. The second-order valence-corrected chi connectivity index (χ2v) is 5.71. The molecular weight excluding hydrogens is 306 g/mol. The van der Waals surface area contributed by atoms with E-state index in [4.69, 9.17) is 4.74 Å². The lowest BCUT2D eigenvalue weighted by Crippen LogP contribution is -2.39. The number of rotatable bonds is 4. The predicted octanol–water partition coefficient (Wildman–Crippen LogP) is 3.09. The molecule has 1 aliphatic rings. The smallest absolute Gasteiger partial charge is 0.407 e. The van der Waals surface area contributed by atoms with Crippen LogP contribution in [0.2, 0.25) is 0 Å². The van der Waals surface area contributed by atoms with Gasteiger partial charge in [0.1, 0.15) is 12.6 Å². The molecule has 1 aliphatic carbocycles. The first-order valence-corrected chi connectivity index (χ1v) is 7.81. The second kappa shape index (κ2) is 6.74. The fraction of sp³-hybridized carbons (Fsp3) is 0.263. The Morgan fingerprint density at radius 1 is 1.04 bits per heavy atom. The van der Waals surface area contributed by atoms with E-state index in [1.54, 1.807) is 6.92 Å². The van der Waals surface area contributed by atoms with Crippen molar-refractivity contribution in [2.75, 3.05) is 13.7 Å². The molecule has 2 aromatic rings. The molecule has 0 saturated carbocycles. The largest absolute Gasteiger partial charge is 0.467 e. The molecule has 124 valence electrons. The van der Waals surface area contributed by atoms with Gasteiger partial charge in [-0.25, -0.2) is 9.59 Å². The van der Waals surface area contributed by atoms with Gasteiger partial charge in [0.25, 0.3) is 0 Å². The molecule has 0 spiro atoms. The highest BCUT2D eigenvalue weighted by Crippen LogP contribution is 2.44. The first kappa shape index (κ1) is 16.1. The lowest BCUT2D eigenvalue weighted by Gasteiger charge is -2.16. The maximum Gasteiger partial charge on any atom is 0.407 e. The number of benzene rings is 2. The van der Waals surface area contributed by atoms with Gasteiger partial charge in [0.2, 0.25) is 0 Å². The summed E-state index contributed by atoms with van der Waals surface area (Å²) in [6, 6.07) is 15.5. The van der Waals surface area contributed by atoms with Gasteiger partial charge >= 0.3 is 12.1 Å². The van der Waals surface area contributed by atoms with E-state index in [1.807, 2.05) is 24.3 Å². The molecule has 5 nitrogen and oxygen atoms in total. The zero-order valence-corrected chi connectivity index (χ0v) is 13.6. The highest BCUT2D eigenvalue weighted by molar-refractivity contribution is 5.81. The SMILES string of the molecule is COC(=O)[C@H](C)NC(=O)OCC1c2ccccc2-c2ccccc21. The van der Waals surface area contributed by atoms with E-state index in [2.05, 4.69) is 34.3 Å². The first-order valence-electron chi connectivity index (χ1n) is 7.81. The molecule has 0 aliphatic heterocycles. The summed E-state index contributed by atoms with van der Waals surface area (Å²) >= 11 is 0. The number of hydrogen-bond acceptors (Lipinski definition) is 4. The van der Waals surface area contributed by atoms with Crippen LogP contribution in [0.4, 0.5) is 4.79 Å². The van der Waals surface area contributed by atoms with Crippen molar-refractivity contribution in [1.82, 2.24) is 5.32 Å². The van der Waals surface area contributed by atoms with Crippen LogP contribution < -0.4 is 5.32 Å². The topological polar surface area (TPSA) is 64.6 Å². The van der Waals surface area contributed by atoms with Crippen LogP contribution in [0.5, 0.6) is 0 Å². The van der Waals surface area contributed by atoms with E-state index in [0.29, 0.717) is 0 Å². The third-order valence-electron chi connectivity index (χ3n) is 4.23. The lowest BCUT2D eigenvalue weighted by atomic mass is 9.98. The van der Waals surface area contributed by atoms with Crippen molar-refractivity contribution in [2.45, 2.75) is 18.9 Å². The highest BCUT2D eigenvalue weighted by atomic mass is 16.6. The minimum atomic E-state index is -0.745. The standard InChI is InChI=1S/C19H19NO4/c1-12(18(21)23-2)20-19(22)24-11-17-15-9-5-3-7-13(15)14-8-4-6-10-16(14)17/h3-10,12,17H,11H2,1-2H3,(H,20,22)/t12-/m0/s1. The summed E-state index contributed by atoms with van der Waals surface area (Å²) in [4.78, 5) is 23.3. The molecular formula is C19H19NO4. The molecule has 0 aromatic heterocycles. The lowest BCUT2D eigenvalue weighted by molar-refractivity contribution is -0.142. The van der Waals surface area contributed by atoms with Gasteiger partial charge in [-0.1, -0.05) is 48.5 Å². The first-order chi connectivity index (χ1) is 11.6. The Bertz CT molecular complexity index is 726. The van der Waals surface area contributed by atoms with E-state index >= 15 is 0 Å². The number of amides is 1. The third-order valence-corrected chi connectivity index (χ3v) is 4.23. The van der Waals surface area contributed by atoms with Crippen LogP contribution >= 0.6 is 0 Å². The Hall–Kier alpha value is -2.82. The van der Waals surface area contributed by atoms with Gasteiger partial charge < -0.3 is 14.8 Å². The number of methoxy groups -OCH3 is 1. The summed E-state index contributed by atoms with van der Waals surface area (Å²) < 4.78 is 9.92. The number of alkyl carbamates (subject to hydrolysis) is 1. The normalized spacial score (nSPS) is 13.6. The molecule has 1 amide bonds. The van der Waals surface area contributed by atoms with Crippen molar-refractivity contribution in [1.29, 1.82) is 0 Å². The van der Waals surface area contributed by atoms with Gasteiger partial charge in [-0.2, -0.15) is 0 Å².